The van der Waals surface area contributed by atoms with E-state index in [9.17, 15) is 5.11 Å². The van der Waals surface area contributed by atoms with E-state index in [2.05, 4.69) is 5.16 Å². The molecule has 3 nitrogen and oxygen atoms in total. The smallest absolute Gasteiger partial charge is 0.125 e. The summed E-state index contributed by atoms with van der Waals surface area (Å²) in [7, 11) is 0. The van der Waals surface area contributed by atoms with Crippen LogP contribution in [0, 0.1) is 6.92 Å². The summed E-state index contributed by atoms with van der Waals surface area (Å²) in [5.74, 6) is 0.172. The lowest BCUT2D eigenvalue weighted by Gasteiger charge is -2.06. The van der Waals surface area contributed by atoms with Crippen molar-refractivity contribution in [3.05, 3.63) is 29.3 Å². The van der Waals surface area contributed by atoms with Gasteiger partial charge in [0.1, 0.15) is 5.75 Å². The second kappa shape index (κ2) is 4.65. The zero-order valence-corrected chi connectivity index (χ0v) is 8.49. The Labute approximate surface area is 83.7 Å². The van der Waals surface area contributed by atoms with Gasteiger partial charge in [-0.25, -0.2) is 0 Å². The zero-order chi connectivity index (χ0) is 10.6. The van der Waals surface area contributed by atoms with E-state index in [-0.39, 0.29) is 5.75 Å². The summed E-state index contributed by atoms with van der Waals surface area (Å²) in [5, 5.41) is 21.6. The second-order valence-corrected chi connectivity index (χ2v) is 3.32. The Kier molecular flexibility index (Phi) is 3.51. The molecule has 1 rings (SSSR count). The first-order chi connectivity index (χ1) is 6.69. The summed E-state index contributed by atoms with van der Waals surface area (Å²) in [6, 6.07) is 5.32. The molecular weight excluding hydrogens is 178 g/mol. The highest BCUT2D eigenvalue weighted by Gasteiger charge is 2.08. The zero-order valence-electron chi connectivity index (χ0n) is 8.49. The predicted molar refractivity (Wildman–Crippen MR) is 56.1 cm³/mol. The molecule has 1 aromatic carbocycles. The monoisotopic (exact) mass is 193 g/mol. The topological polar surface area (TPSA) is 52.8 Å². The van der Waals surface area contributed by atoms with Crippen LogP contribution >= 0.6 is 0 Å². The Morgan fingerprint density at radius 1 is 1.43 bits per heavy atom. The number of rotatable bonds is 3. The Balaban J connectivity index is 3.05. The lowest BCUT2D eigenvalue weighted by atomic mass is 10.0. The third kappa shape index (κ3) is 2.25. The van der Waals surface area contributed by atoms with E-state index in [1.54, 1.807) is 12.1 Å². The van der Waals surface area contributed by atoms with Crippen LogP contribution in [-0.4, -0.2) is 16.0 Å². The van der Waals surface area contributed by atoms with Crippen LogP contribution < -0.4 is 0 Å². The second-order valence-electron chi connectivity index (χ2n) is 3.32. The van der Waals surface area contributed by atoms with Crippen molar-refractivity contribution < 1.29 is 10.3 Å². The lowest BCUT2D eigenvalue weighted by molar-refractivity contribution is 0.317. The number of aryl methyl sites for hydroxylation is 1. The fourth-order valence-electron chi connectivity index (χ4n) is 1.36. The molecule has 0 bridgehead atoms. The third-order valence-electron chi connectivity index (χ3n) is 2.07. The maximum absolute atomic E-state index is 9.63. The fraction of sp³-hybridized carbons (Fsp3) is 0.364. The number of hydrogen-bond acceptors (Lipinski definition) is 3. The van der Waals surface area contributed by atoms with Crippen LogP contribution in [0.2, 0.25) is 0 Å². The van der Waals surface area contributed by atoms with Gasteiger partial charge >= 0.3 is 0 Å². The van der Waals surface area contributed by atoms with Crippen molar-refractivity contribution in [2.24, 2.45) is 5.16 Å². The fourth-order valence-corrected chi connectivity index (χ4v) is 1.36. The summed E-state index contributed by atoms with van der Waals surface area (Å²) in [6.45, 7) is 3.90. The van der Waals surface area contributed by atoms with Gasteiger partial charge in [-0.15, -0.1) is 0 Å². The van der Waals surface area contributed by atoms with Gasteiger partial charge in [-0.1, -0.05) is 24.6 Å². The molecule has 0 fully saturated rings. The Bertz CT molecular complexity index is 345. The van der Waals surface area contributed by atoms with E-state index in [1.165, 1.54) is 0 Å². The molecule has 0 saturated carbocycles. The van der Waals surface area contributed by atoms with E-state index >= 15 is 0 Å². The summed E-state index contributed by atoms with van der Waals surface area (Å²) in [4.78, 5) is 0. The molecule has 0 heterocycles. The van der Waals surface area contributed by atoms with Crippen molar-refractivity contribution in [3.8, 4) is 5.75 Å². The third-order valence-corrected chi connectivity index (χ3v) is 2.07. The van der Waals surface area contributed by atoms with Crippen LogP contribution in [0.25, 0.3) is 0 Å². The molecule has 0 spiro atoms. The number of benzene rings is 1. The molecule has 0 aliphatic carbocycles. The average molecular weight is 193 g/mol. The minimum Gasteiger partial charge on any atom is -0.507 e. The highest BCUT2D eigenvalue weighted by atomic mass is 16.4. The van der Waals surface area contributed by atoms with Crippen LogP contribution in [-0.2, 0) is 0 Å². The number of nitrogens with zero attached hydrogens (tertiary/aromatic N) is 1. The largest absolute Gasteiger partial charge is 0.507 e. The van der Waals surface area contributed by atoms with Gasteiger partial charge in [-0.2, -0.15) is 0 Å². The highest BCUT2D eigenvalue weighted by molar-refractivity contribution is 6.02. The Hall–Kier alpha value is -1.51. The SMILES string of the molecule is CCC/C(=N/O)c1ccc(C)cc1O. The van der Waals surface area contributed by atoms with Crippen LogP contribution in [0.5, 0.6) is 5.75 Å². The van der Waals surface area contributed by atoms with E-state index in [4.69, 9.17) is 5.21 Å². The first kappa shape index (κ1) is 10.6. The van der Waals surface area contributed by atoms with E-state index < -0.39 is 0 Å². The minimum absolute atomic E-state index is 0.172. The molecule has 0 atom stereocenters. The van der Waals surface area contributed by atoms with Crippen LogP contribution in [0.1, 0.15) is 30.9 Å². The Morgan fingerprint density at radius 3 is 2.64 bits per heavy atom. The van der Waals surface area contributed by atoms with Gasteiger partial charge in [-0.3, -0.25) is 0 Å². The maximum atomic E-state index is 9.63. The molecule has 76 valence electrons. The van der Waals surface area contributed by atoms with Gasteiger partial charge in [0.15, 0.2) is 0 Å². The van der Waals surface area contributed by atoms with E-state index in [0.29, 0.717) is 17.7 Å². The molecule has 3 heteroatoms. The van der Waals surface area contributed by atoms with Crippen LogP contribution in [0.3, 0.4) is 0 Å². The van der Waals surface area contributed by atoms with Gasteiger partial charge in [-0.05, 0) is 31.0 Å². The summed E-state index contributed by atoms with van der Waals surface area (Å²) >= 11 is 0. The molecule has 1 aromatic rings. The van der Waals surface area contributed by atoms with Crippen molar-refractivity contribution in [2.45, 2.75) is 26.7 Å². The maximum Gasteiger partial charge on any atom is 0.125 e. The number of hydrogen-bond donors (Lipinski definition) is 2. The number of oxime groups is 1. The first-order valence-corrected chi connectivity index (χ1v) is 4.70. The normalized spacial score (nSPS) is 11.7. The average Bonchev–Trinajstić information content (AvgIpc) is 2.15. The van der Waals surface area contributed by atoms with Gasteiger partial charge in [0, 0.05) is 5.56 Å². The van der Waals surface area contributed by atoms with E-state index in [0.717, 1.165) is 12.0 Å². The molecule has 0 aromatic heterocycles. The predicted octanol–water partition coefficient (Wildman–Crippen LogP) is 2.68. The van der Waals surface area contributed by atoms with Gasteiger partial charge < -0.3 is 10.3 Å². The number of aromatic hydroxyl groups is 1. The van der Waals surface area contributed by atoms with Crippen LogP contribution in [0.15, 0.2) is 23.4 Å². The van der Waals surface area contributed by atoms with Crippen molar-refractivity contribution in [1.29, 1.82) is 0 Å². The standard InChI is InChI=1S/C11H15NO2/c1-3-4-10(12-14)9-6-5-8(2)7-11(9)13/h5-7,13-14H,3-4H2,1-2H3/b12-10-. The lowest BCUT2D eigenvalue weighted by Crippen LogP contribution is -2.00. The Morgan fingerprint density at radius 2 is 2.14 bits per heavy atom. The molecule has 0 unspecified atom stereocenters. The molecular formula is C11H15NO2. The van der Waals surface area contributed by atoms with Crippen molar-refractivity contribution in [3.63, 3.8) is 0 Å². The molecule has 0 radical (unpaired) electrons. The van der Waals surface area contributed by atoms with Crippen LogP contribution in [0.4, 0.5) is 0 Å². The highest BCUT2D eigenvalue weighted by Crippen LogP contribution is 2.20. The quantitative estimate of drug-likeness (QED) is 0.440. The molecule has 2 N–H and O–H groups in total. The minimum atomic E-state index is 0.172. The number of phenolic OH excluding ortho intramolecular Hbond substituents is 1. The first-order valence-electron chi connectivity index (χ1n) is 4.70. The number of phenols is 1. The van der Waals surface area contributed by atoms with Gasteiger partial charge in [0.25, 0.3) is 0 Å². The van der Waals surface area contributed by atoms with Crippen molar-refractivity contribution in [1.82, 2.24) is 0 Å². The summed E-state index contributed by atoms with van der Waals surface area (Å²) < 4.78 is 0. The molecule has 0 amide bonds. The summed E-state index contributed by atoms with van der Waals surface area (Å²) in [6.07, 6.45) is 1.54. The molecule has 0 saturated heterocycles. The molecule has 14 heavy (non-hydrogen) atoms. The van der Waals surface area contributed by atoms with Gasteiger partial charge in [0.2, 0.25) is 0 Å². The molecule has 0 aliphatic heterocycles. The van der Waals surface area contributed by atoms with E-state index in [1.807, 2.05) is 19.9 Å². The summed E-state index contributed by atoms with van der Waals surface area (Å²) in [5.41, 5.74) is 2.13. The van der Waals surface area contributed by atoms with Crippen molar-refractivity contribution in [2.75, 3.05) is 0 Å². The molecule has 0 aliphatic rings. The van der Waals surface area contributed by atoms with Crippen molar-refractivity contribution >= 4 is 5.71 Å². The van der Waals surface area contributed by atoms with Gasteiger partial charge in [0.05, 0.1) is 5.71 Å².